The standard InChI is InChI=1S/C14H18N2O2S3/c1-9-6-7-16(12(9)11-5-4-8-20-11)13(17)10(2)15(3)14(18)21-19/h4-5,8,10,19H,6-7H2,1-3H3. The number of carbonyl (C=O) groups excluding carboxylic acids is 2. The monoisotopic (exact) mass is 342 g/mol. The van der Waals surface area contributed by atoms with E-state index in [2.05, 4.69) is 18.6 Å². The summed E-state index contributed by atoms with van der Waals surface area (Å²) in [6.07, 6.45) is 0.880. The molecule has 0 aromatic carbocycles. The number of carbonyl (C=O) groups is 2. The molecule has 0 bridgehead atoms. The summed E-state index contributed by atoms with van der Waals surface area (Å²) in [6.45, 7) is 4.49. The highest BCUT2D eigenvalue weighted by atomic mass is 33.1. The molecule has 0 saturated carbocycles. The van der Waals surface area contributed by atoms with E-state index in [-0.39, 0.29) is 11.1 Å². The molecule has 2 heterocycles. The first-order valence-electron chi connectivity index (χ1n) is 6.60. The van der Waals surface area contributed by atoms with Gasteiger partial charge in [-0.15, -0.1) is 23.0 Å². The summed E-state index contributed by atoms with van der Waals surface area (Å²) >= 11 is 5.53. The smallest absolute Gasteiger partial charge is 0.292 e. The lowest BCUT2D eigenvalue weighted by atomic mass is 10.2. The van der Waals surface area contributed by atoms with Crippen LogP contribution in [0.5, 0.6) is 0 Å². The average Bonchev–Trinajstić information content (AvgIpc) is 3.12. The molecule has 0 N–H and O–H groups in total. The van der Waals surface area contributed by atoms with Gasteiger partial charge in [0.2, 0.25) is 5.91 Å². The molecule has 1 aliphatic rings. The maximum Gasteiger partial charge on any atom is 0.292 e. The topological polar surface area (TPSA) is 40.6 Å². The van der Waals surface area contributed by atoms with Gasteiger partial charge in [-0.2, -0.15) is 0 Å². The molecule has 21 heavy (non-hydrogen) atoms. The number of hydrogen-bond acceptors (Lipinski definition) is 5. The fourth-order valence-corrected chi connectivity index (χ4v) is 3.86. The average molecular weight is 343 g/mol. The van der Waals surface area contributed by atoms with E-state index in [1.54, 1.807) is 30.2 Å². The minimum absolute atomic E-state index is 0.0477. The second-order valence-electron chi connectivity index (χ2n) is 4.99. The van der Waals surface area contributed by atoms with Crippen LogP contribution in [-0.4, -0.2) is 40.6 Å². The van der Waals surface area contributed by atoms with Crippen molar-refractivity contribution in [2.75, 3.05) is 13.6 Å². The Hall–Kier alpha value is -0.920. The van der Waals surface area contributed by atoms with Crippen LogP contribution in [0.4, 0.5) is 4.79 Å². The maximum atomic E-state index is 12.7. The molecular formula is C14H18N2O2S3. The van der Waals surface area contributed by atoms with Gasteiger partial charge in [0, 0.05) is 24.4 Å². The number of rotatable bonds is 3. The minimum atomic E-state index is -0.502. The van der Waals surface area contributed by atoms with Gasteiger partial charge in [-0.1, -0.05) is 6.07 Å². The number of likely N-dealkylation sites (N-methyl/N-ethyl adjacent to an activating group) is 1. The predicted molar refractivity (Wildman–Crippen MR) is 92.4 cm³/mol. The largest absolute Gasteiger partial charge is 0.324 e. The van der Waals surface area contributed by atoms with Crippen molar-refractivity contribution in [2.24, 2.45) is 0 Å². The normalized spacial score (nSPS) is 16.3. The van der Waals surface area contributed by atoms with Crippen molar-refractivity contribution < 1.29 is 9.59 Å². The van der Waals surface area contributed by atoms with Gasteiger partial charge in [-0.05, 0) is 37.3 Å². The van der Waals surface area contributed by atoms with Crippen molar-refractivity contribution in [2.45, 2.75) is 26.3 Å². The number of hydrogen-bond donors (Lipinski definition) is 1. The van der Waals surface area contributed by atoms with Crippen LogP contribution >= 0.6 is 33.8 Å². The molecule has 1 aromatic rings. The minimum Gasteiger partial charge on any atom is -0.324 e. The fourth-order valence-electron chi connectivity index (χ4n) is 2.33. The molecule has 2 rings (SSSR count). The molecule has 1 aromatic heterocycles. The van der Waals surface area contributed by atoms with Crippen molar-refractivity contribution in [3.8, 4) is 0 Å². The first kappa shape index (κ1) is 16.5. The number of thiophene rings is 1. The first-order chi connectivity index (χ1) is 9.97. The highest BCUT2D eigenvalue weighted by Crippen LogP contribution is 2.34. The summed E-state index contributed by atoms with van der Waals surface area (Å²) in [5.74, 6) is -0.0477. The molecule has 114 valence electrons. The van der Waals surface area contributed by atoms with Crippen LogP contribution in [0.2, 0.25) is 0 Å². The SMILES string of the molecule is CC1=C(c2cccs2)N(C(=O)C(C)N(C)C(=O)SS)CC1. The van der Waals surface area contributed by atoms with Gasteiger partial charge in [-0.25, -0.2) is 0 Å². The highest BCUT2D eigenvalue weighted by molar-refractivity contribution is 8.74. The van der Waals surface area contributed by atoms with Crippen LogP contribution in [0.1, 0.15) is 25.1 Å². The second-order valence-corrected chi connectivity index (χ2v) is 7.02. The molecular weight excluding hydrogens is 324 g/mol. The lowest BCUT2D eigenvalue weighted by Crippen LogP contribution is -2.45. The van der Waals surface area contributed by atoms with Crippen LogP contribution in [0.15, 0.2) is 23.1 Å². The lowest BCUT2D eigenvalue weighted by molar-refractivity contribution is -0.131. The first-order valence-corrected chi connectivity index (χ1v) is 9.35. The Bertz CT molecular complexity index is 569. The quantitative estimate of drug-likeness (QED) is 0.672. The third-order valence-electron chi connectivity index (χ3n) is 3.71. The van der Waals surface area contributed by atoms with Crippen molar-refractivity contribution >= 4 is 50.6 Å². The van der Waals surface area contributed by atoms with Gasteiger partial charge in [0.05, 0.1) is 10.6 Å². The van der Waals surface area contributed by atoms with E-state index < -0.39 is 6.04 Å². The third-order valence-corrected chi connectivity index (χ3v) is 5.50. The summed E-state index contributed by atoms with van der Waals surface area (Å²) in [7, 11) is 2.45. The Balaban J connectivity index is 2.21. The zero-order valence-electron chi connectivity index (χ0n) is 12.2. The molecule has 2 amide bonds. The Morgan fingerprint density at radius 1 is 1.52 bits per heavy atom. The van der Waals surface area contributed by atoms with E-state index in [9.17, 15) is 9.59 Å². The van der Waals surface area contributed by atoms with Crippen LogP contribution in [-0.2, 0) is 4.79 Å². The second kappa shape index (κ2) is 6.89. The number of amides is 2. The van der Waals surface area contributed by atoms with E-state index in [0.29, 0.717) is 6.54 Å². The Morgan fingerprint density at radius 2 is 2.24 bits per heavy atom. The third kappa shape index (κ3) is 3.30. The van der Waals surface area contributed by atoms with Crippen LogP contribution in [0.25, 0.3) is 5.70 Å². The Morgan fingerprint density at radius 3 is 2.81 bits per heavy atom. The summed E-state index contributed by atoms with van der Waals surface area (Å²) in [5.41, 5.74) is 2.22. The molecule has 1 unspecified atom stereocenters. The van der Waals surface area contributed by atoms with E-state index in [0.717, 1.165) is 27.8 Å². The van der Waals surface area contributed by atoms with Crippen LogP contribution in [0.3, 0.4) is 0 Å². The summed E-state index contributed by atoms with van der Waals surface area (Å²) in [6, 6.07) is 3.51. The zero-order chi connectivity index (χ0) is 15.6. The van der Waals surface area contributed by atoms with E-state index in [1.165, 1.54) is 10.5 Å². The van der Waals surface area contributed by atoms with Gasteiger partial charge in [0.15, 0.2) is 0 Å². The summed E-state index contributed by atoms with van der Waals surface area (Å²) < 4.78 is 0. The zero-order valence-corrected chi connectivity index (χ0v) is 14.7. The highest BCUT2D eigenvalue weighted by Gasteiger charge is 2.32. The van der Waals surface area contributed by atoms with Crippen molar-refractivity contribution in [3.05, 3.63) is 28.0 Å². The predicted octanol–water partition coefficient (Wildman–Crippen LogP) is 3.73. The number of nitrogens with zero attached hydrogens (tertiary/aromatic N) is 2. The van der Waals surface area contributed by atoms with E-state index >= 15 is 0 Å². The molecule has 1 aliphatic heterocycles. The van der Waals surface area contributed by atoms with Gasteiger partial charge in [-0.3, -0.25) is 9.59 Å². The molecule has 0 radical (unpaired) electrons. The Labute approximate surface area is 138 Å². The van der Waals surface area contributed by atoms with Crippen molar-refractivity contribution in [3.63, 3.8) is 0 Å². The molecule has 0 saturated heterocycles. The van der Waals surface area contributed by atoms with Gasteiger partial charge in [0.1, 0.15) is 6.04 Å². The molecule has 0 aliphatic carbocycles. The van der Waals surface area contributed by atoms with Gasteiger partial charge in [0.25, 0.3) is 5.24 Å². The Kier molecular flexibility index (Phi) is 5.40. The summed E-state index contributed by atoms with van der Waals surface area (Å²) in [4.78, 5) is 28.7. The number of thiol groups is 1. The van der Waals surface area contributed by atoms with Crippen LogP contribution in [0, 0.1) is 0 Å². The van der Waals surface area contributed by atoms with E-state index in [1.807, 2.05) is 17.5 Å². The fraction of sp³-hybridized carbons (Fsp3) is 0.429. The summed E-state index contributed by atoms with van der Waals surface area (Å²) in [5, 5.41) is 1.78. The molecule has 4 nitrogen and oxygen atoms in total. The molecule has 0 fully saturated rings. The van der Waals surface area contributed by atoms with Crippen molar-refractivity contribution in [1.82, 2.24) is 9.80 Å². The van der Waals surface area contributed by atoms with Crippen molar-refractivity contribution in [1.29, 1.82) is 0 Å². The van der Waals surface area contributed by atoms with Gasteiger partial charge < -0.3 is 9.80 Å². The molecule has 7 heteroatoms. The molecule has 1 atom stereocenters. The van der Waals surface area contributed by atoms with E-state index in [4.69, 9.17) is 0 Å². The van der Waals surface area contributed by atoms with Gasteiger partial charge >= 0.3 is 0 Å². The maximum absolute atomic E-state index is 12.7. The van der Waals surface area contributed by atoms with Crippen LogP contribution < -0.4 is 0 Å². The lowest BCUT2D eigenvalue weighted by Gasteiger charge is -2.28. The molecule has 0 spiro atoms.